The lowest BCUT2D eigenvalue weighted by Gasteiger charge is -2.16. The molecule has 7 heteroatoms. The number of benzene rings is 3. The van der Waals surface area contributed by atoms with E-state index in [1.165, 1.54) is 6.07 Å². The summed E-state index contributed by atoms with van der Waals surface area (Å²) in [6, 6.07) is 20.2. The van der Waals surface area contributed by atoms with Crippen LogP contribution in [-0.4, -0.2) is 24.3 Å². The van der Waals surface area contributed by atoms with Crippen LogP contribution in [0.1, 0.15) is 20.7 Å². The molecule has 29 heavy (non-hydrogen) atoms. The van der Waals surface area contributed by atoms with Gasteiger partial charge in [0.1, 0.15) is 5.75 Å². The lowest BCUT2D eigenvalue weighted by Crippen LogP contribution is -2.29. The number of fused-ring (bicyclic) bond motifs is 1. The topological polar surface area (TPSA) is 75.7 Å². The maximum absolute atomic E-state index is 12.6. The van der Waals surface area contributed by atoms with Crippen LogP contribution in [0.15, 0.2) is 72.8 Å². The highest BCUT2D eigenvalue weighted by molar-refractivity contribution is 6.36. The Balaban J connectivity index is 1.47. The summed E-state index contributed by atoms with van der Waals surface area (Å²) in [5.41, 5.74) is 1.39. The summed E-state index contributed by atoms with van der Waals surface area (Å²) >= 11 is 6.27. The molecule has 3 aromatic carbocycles. The third-order valence-corrected chi connectivity index (χ3v) is 4.70. The van der Waals surface area contributed by atoms with Crippen LogP contribution in [0.4, 0.5) is 11.4 Å². The van der Waals surface area contributed by atoms with Gasteiger partial charge in [-0.3, -0.25) is 14.4 Å². The fourth-order valence-electron chi connectivity index (χ4n) is 3.02. The number of carbonyl (C=O) groups excluding carboxylic acids is 3. The molecule has 0 atom stereocenters. The number of nitrogens with one attached hydrogen (secondary N) is 1. The number of para-hydroxylation sites is 1. The number of imide groups is 1. The van der Waals surface area contributed by atoms with Gasteiger partial charge in [0.05, 0.1) is 27.5 Å². The van der Waals surface area contributed by atoms with E-state index in [4.69, 9.17) is 16.3 Å². The first-order valence-corrected chi connectivity index (χ1v) is 9.17. The largest absolute Gasteiger partial charge is 0.484 e. The van der Waals surface area contributed by atoms with E-state index in [1.54, 1.807) is 48.5 Å². The molecular formula is C22H15ClN2O4. The van der Waals surface area contributed by atoms with Gasteiger partial charge in [0.2, 0.25) is 0 Å². The number of ether oxygens (including phenoxy) is 1. The minimum absolute atomic E-state index is 0.180. The molecule has 0 aromatic heterocycles. The predicted octanol–water partition coefficient (Wildman–Crippen LogP) is 4.16. The van der Waals surface area contributed by atoms with E-state index in [-0.39, 0.29) is 17.5 Å². The third-order valence-electron chi connectivity index (χ3n) is 4.39. The molecule has 6 nitrogen and oxygen atoms in total. The number of amides is 3. The Bertz CT molecular complexity index is 1080. The fraction of sp³-hybridized carbons (Fsp3) is 0.0455. The minimum Gasteiger partial charge on any atom is -0.484 e. The first-order chi connectivity index (χ1) is 14.0. The highest BCUT2D eigenvalue weighted by Crippen LogP contribution is 2.32. The minimum atomic E-state index is -0.408. The normalized spacial score (nSPS) is 12.7. The van der Waals surface area contributed by atoms with Crippen LogP contribution in [0.25, 0.3) is 0 Å². The molecule has 4 rings (SSSR count). The molecule has 0 saturated carbocycles. The van der Waals surface area contributed by atoms with Crippen molar-refractivity contribution >= 4 is 40.7 Å². The van der Waals surface area contributed by atoms with Crippen molar-refractivity contribution in [3.05, 3.63) is 88.9 Å². The smallest absolute Gasteiger partial charge is 0.266 e. The molecule has 0 fully saturated rings. The van der Waals surface area contributed by atoms with E-state index < -0.39 is 11.8 Å². The van der Waals surface area contributed by atoms with Crippen LogP contribution in [0.3, 0.4) is 0 Å². The number of hydrogen-bond donors (Lipinski definition) is 1. The second-order valence-corrected chi connectivity index (χ2v) is 6.71. The second-order valence-electron chi connectivity index (χ2n) is 6.31. The molecule has 0 spiro atoms. The Morgan fingerprint density at radius 2 is 1.52 bits per heavy atom. The number of nitrogens with zero attached hydrogens (tertiary/aromatic N) is 1. The maximum atomic E-state index is 12.6. The average Bonchev–Trinajstić information content (AvgIpc) is 2.99. The van der Waals surface area contributed by atoms with Gasteiger partial charge in [-0.05, 0) is 42.5 Å². The quantitative estimate of drug-likeness (QED) is 0.645. The monoisotopic (exact) mass is 406 g/mol. The van der Waals surface area contributed by atoms with E-state index in [0.29, 0.717) is 28.3 Å². The Kier molecular flexibility index (Phi) is 5.01. The lowest BCUT2D eigenvalue weighted by molar-refractivity contribution is -0.118. The first kappa shape index (κ1) is 18.7. The molecule has 3 amide bonds. The molecule has 0 unspecified atom stereocenters. The molecule has 0 saturated heterocycles. The van der Waals surface area contributed by atoms with Gasteiger partial charge in [0, 0.05) is 0 Å². The van der Waals surface area contributed by atoms with Crippen molar-refractivity contribution in [1.29, 1.82) is 0 Å². The van der Waals surface area contributed by atoms with Gasteiger partial charge in [-0.1, -0.05) is 41.9 Å². The van der Waals surface area contributed by atoms with E-state index in [2.05, 4.69) is 5.32 Å². The van der Waals surface area contributed by atoms with Crippen molar-refractivity contribution in [3.63, 3.8) is 0 Å². The highest BCUT2D eigenvalue weighted by atomic mass is 35.5. The number of carbonyl (C=O) groups is 3. The van der Waals surface area contributed by atoms with Crippen LogP contribution in [-0.2, 0) is 4.79 Å². The lowest BCUT2D eigenvalue weighted by atomic mass is 10.1. The first-order valence-electron chi connectivity index (χ1n) is 8.79. The summed E-state index contributed by atoms with van der Waals surface area (Å²) in [4.78, 5) is 38.3. The Morgan fingerprint density at radius 1 is 0.897 bits per heavy atom. The van der Waals surface area contributed by atoms with Crippen LogP contribution in [0.2, 0.25) is 5.02 Å². The molecule has 144 valence electrons. The van der Waals surface area contributed by atoms with Crippen molar-refractivity contribution in [1.82, 2.24) is 0 Å². The highest BCUT2D eigenvalue weighted by Gasteiger charge is 2.36. The average molecular weight is 407 g/mol. The summed E-state index contributed by atoms with van der Waals surface area (Å²) in [5, 5.41) is 2.85. The maximum Gasteiger partial charge on any atom is 0.266 e. The van der Waals surface area contributed by atoms with Crippen LogP contribution in [0.5, 0.6) is 5.75 Å². The summed E-state index contributed by atoms with van der Waals surface area (Å²) in [5.74, 6) is -0.622. The van der Waals surface area contributed by atoms with Gasteiger partial charge in [0.25, 0.3) is 17.7 Å². The van der Waals surface area contributed by atoms with Crippen molar-refractivity contribution < 1.29 is 19.1 Å². The number of hydrogen-bond acceptors (Lipinski definition) is 4. The van der Waals surface area contributed by atoms with Gasteiger partial charge in [0.15, 0.2) is 6.61 Å². The molecule has 0 radical (unpaired) electrons. The second kappa shape index (κ2) is 7.77. The van der Waals surface area contributed by atoms with Gasteiger partial charge in [-0.2, -0.15) is 0 Å². The van der Waals surface area contributed by atoms with Crippen molar-refractivity contribution in [2.45, 2.75) is 0 Å². The van der Waals surface area contributed by atoms with Gasteiger partial charge in [-0.15, -0.1) is 0 Å². The zero-order chi connectivity index (χ0) is 20.4. The Labute approximate surface area is 171 Å². The molecule has 1 heterocycles. The molecule has 1 N–H and O–H groups in total. The molecule has 0 bridgehead atoms. The molecular weight excluding hydrogens is 392 g/mol. The van der Waals surface area contributed by atoms with E-state index >= 15 is 0 Å². The van der Waals surface area contributed by atoms with Crippen molar-refractivity contribution in [2.75, 3.05) is 16.8 Å². The fourth-order valence-corrected chi connectivity index (χ4v) is 3.24. The number of rotatable bonds is 5. The van der Waals surface area contributed by atoms with E-state index in [9.17, 15) is 14.4 Å². The molecule has 3 aromatic rings. The summed E-state index contributed by atoms with van der Waals surface area (Å²) in [6.07, 6.45) is 0. The van der Waals surface area contributed by atoms with Crippen molar-refractivity contribution in [3.8, 4) is 5.75 Å². The summed E-state index contributed by atoms with van der Waals surface area (Å²) in [7, 11) is 0. The Hall–Kier alpha value is -3.64. The van der Waals surface area contributed by atoms with E-state index in [0.717, 1.165) is 4.90 Å². The summed E-state index contributed by atoms with van der Waals surface area (Å²) in [6.45, 7) is -0.180. The SMILES string of the molecule is O=C(COc1ccccc1)Nc1ccc(N2C(=O)c3ccccc3C2=O)cc1Cl. The Morgan fingerprint density at radius 3 is 2.14 bits per heavy atom. The van der Waals surface area contributed by atoms with Crippen LogP contribution < -0.4 is 15.0 Å². The zero-order valence-corrected chi connectivity index (χ0v) is 15.8. The predicted molar refractivity (Wildman–Crippen MR) is 110 cm³/mol. The molecule has 1 aliphatic heterocycles. The number of anilines is 2. The van der Waals surface area contributed by atoms with Gasteiger partial charge in [-0.25, -0.2) is 4.90 Å². The van der Waals surface area contributed by atoms with Gasteiger partial charge >= 0.3 is 0 Å². The van der Waals surface area contributed by atoms with Crippen LogP contribution in [0, 0.1) is 0 Å². The number of halogens is 1. The zero-order valence-electron chi connectivity index (χ0n) is 15.1. The summed E-state index contributed by atoms with van der Waals surface area (Å²) < 4.78 is 5.40. The standard InChI is InChI=1S/C22H15ClN2O4/c23-18-12-14(25-21(27)16-8-4-5-9-17(16)22(25)28)10-11-19(18)24-20(26)13-29-15-6-2-1-3-7-15/h1-12H,13H2,(H,24,26). The van der Waals surface area contributed by atoms with Crippen LogP contribution >= 0.6 is 11.6 Å². The van der Waals surface area contributed by atoms with Gasteiger partial charge < -0.3 is 10.1 Å². The molecule has 0 aliphatic carbocycles. The molecule has 1 aliphatic rings. The third kappa shape index (κ3) is 3.70. The van der Waals surface area contributed by atoms with E-state index in [1.807, 2.05) is 18.2 Å². The van der Waals surface area contributed by atoms with Crippen molar-refractivity contribution in [2.24, 2.45) is 0 Å².